The highest BCUT2D eigenvalue weighted by Gasteiger charge is 2.43. The number of carbonyl (C=O) groups excluding carboxylic acids is 1. The van der Waals surface area contributed by atoms with Crippen LogP contribution >= 0.6 is 0 Å². The van der Waals surface area contributed by atoms with Gasteiger partial charge in [0.05, 0.1) is 14.2 Å². The Morgan fingerprint density at radius 3 is 2.30 bits per heavy atom. The third kappa shape index (κ3) is 3.66. The van der Waals surface area contributed by atoms with Crippen LogP contribution in [0.5, 0.6) is 11.5 Å². The van der Waals surface area contributed by atoms with Gasteiger partial charge in [-0.25, -0.2) is 0 Å². The van der Waals surface area contributed by atoms with E-state index in [9.17, 15) is 4.79 Å². The molecular formula is C28H29NO4. The number of methoxy groups -OCH3 is 3. The van der Waals surface area contributed by atoms with E-state index in [1.54, 1.807) is 21.3 Å². The Kier molecular flexibility index (Phi) is 5.81. The molecule has 33 heavy (non-hydrogen) atoms. The highest BCUT2D eigenvalue weighted by Crippen LogP contribution is 2.47. The average molecular weight is 444 g/mol. The van der Waals surface area contributed by atoms with Crippen LogP contribution in [0, 0.1) is 0 Å². The number of ether oxygens (including phenoxy) is 3. The number of hydrogen-bond donors (Lipinski definition) is 0. The first kappa shape index (κ1) is 21.5. The summed E-state index contributed by atoms with van der Waals surface area (Å²) >= 11 is 0. The van der Waals surface area contributed by atoms with Gasteiger partial charge in [0.25, 0.3) is 5.91 Å². The highest BCUT2D eigenvalue weighted by atomic mass is 16.5. The minimum Gasteiger partial charge on any atom is -0.493 e. The van der Waals surface area contributed by atoms with Gasteiger partial charge < -0.3 is 19.1 Å². The molecule has 3 aromatic carbocycles. The number of fused-ring (bicyclic) bond motifs is 5. The molecule has 0 unspecified atom stereocenters. The van der Waals surface area contributed by atoms with E-state index in [0.717, 1.165) is 29.9 Å². The van der Waals surface area contributed by atoms with Crippen molar-refractivity contribution in [2.45, 2.75) is 37.5 Å². The molecule has 5 rings (SSSR count). The summed E-state index contributed by atoms with van der Waals surface area (Å²) < 4.78 is 16.9. The fourth-order valence-corrected chi connectivity index (χ4v) is 5.51. The Balaban J connectivity index is 1.60. The lowest BCUT2D eigenvalue weighted by Crippen LogP contribution is -2.50. The van der Waals surface area contributed by atoms with Crippen molar-refractivity contribution in [3.05, 3.63) is 94.5 Å². The number of aryl methyl sites for hydroxylation is 1. The molecule has 0 saturated carbocycles. The van der Waals surface area contributed by atoms with E-state index in [2.05, 4.69) is 30.3 Å². The van der Waals surface area contributed by atoms with Crippen molar-refractivity contribution in [2.75, 3.05) is 21.3 Å². The van der Waals surface area contributed by atoms with Gasteiger partial charge in [0.2, 0.25) is 0 Å². The van der Waals surface area contributed by atoms with Crippen molar-refractivity contribution in [3.8, 4) is 11.5 Å². The minimum absolute atomic E-state index is 0.0112. The number of amides is 1. The summed E-state index contributed by atoms with van der Waals surface area (Å²) in [5, 5.41) is 0. The quantitative estimate of drug-likeness (QED) is 0.564. The standard InChI is InChI=1S/C28H29NO4/c1-31-24-15-19-13-14-23-26(22(19)16-25(24)32-2)21-12-8-7-11-20(21)17-29(23)28(30)27(33-3)18-9-5-4-6-10-18/h4-12,15-16,23,26-27H,13-14,17H2,1-3H3/t23-,26-,27+/m0/s1. The zero-order chi connectivity index (χ0) is 22.9. The van der Waals surface area contributed by atoms with Crippen molar-refractivity contribution in [1.29, 1.82) is 0 Å². The van der Waals surface area contributed by atoms with Crippen LogP contribution in [0.1, 0.15) is 46.3 Å². The number of hydrogen-bond acceptors (Lipinski definition) is 4. The van der Waals surface area contributed by atoms with E-state index in [1.165, 1.54) is 22.3 Å². The van der Waals surface area contributed by atoms with E-state index in [4.69, 9.17) is 14.2 Å². The highest BCUT2D eigenvalue weighted by molar-refractivity contribution is 5.83. The largest absolute Gasteiger partial charge is 0.493 e. The van der Waals surface area contributed by atoms with E-state index in [0.29, 0.717) is 6.54 Å². The van der Waals surface area contributed by atoms with E-state index < -0.39 is 6.10 Å². The van der Waals surface area contributed by atoms with Crippen LogP contribution in [0.2, 0.25) is 0 Å². The predicted molar refractivity (Wildman–Crippen MR) is 127 cm³/mol. The fraction of sp³-hybridized carbons (Fsp3) is 0.321. The van der Waals surface area contributed by atoms with Gasteiger partial charge in [-0.3, -0.25) is 4.79 Å². The van der Waals surface area contributed by atoms with Gasteiger partial charge >= 0.3 is 0 Å². The monoisotopic (exact) mass is 443 g/mol. The average Bonchev–Trinajstić information content (AvgIpc) is 2.87. The topological polar surface area (TPSA) is 48.0 Å². The van der Waals surface area contributed by atoms with Crippen molar-refractivity contribution in [1.82, 2.24) is 4.90 Å². The van der Waals surface area contributed by atoms with Gasteiger partial charge in [0.15, 0.2) is 17.6 Å². The third-order valence-electron chi connectivity index (χ3n) is 7.05. The SMILES string of the molecule is COc1cc2c(cc1OC)[C@@H]1c3ccccc3CN(C(=O)[C@H](OC)c3ccccc3)[C@H]1CC2. The second-order valence-electron chi connectivity index (χ2n) is 8.68. The first-order valence-electron chi connectivity index (χ1n) is 11.4. The smallest absolute Gasteiger partial charge is 0.256 e. The molecule has 1 heterocycles. The zero-order valence-electron chi connectivity index (χ0n) is 19.3. The lowest BCUT2D eigenvalue weighted by molar-refractivity contribution is -0.147. The van der Waals surface area contributed by atoms with Crippen molar-refractivity contribution < 1.29 is 19.0 Å². The van der Waals surface area contributed by atoms with Gasteiger partial charge in [-0.15, -0.1) is 0 Å². The summed E-state index contributed by atoms with van der Waals surface area (Å²) in [4.78, 5) is 15.9. The summed E-state index contributed by atoms with van der Waals surface area (Å²) in [5.74, 6) is 1.56. The Morgan fingerprint density at radius 1 is 0.879 bits per heavy atom. The van der Waals surface area contributed by atoms with Crippen molar-refractivity contribution in [2.24, 2.45) is 0 Å². The molecule has 0 N–H and O–H groups in total. The molecular weight excluding hydrogens is 414 g/mol. The predicted octanol–water partition coefficient (Wildman–Crippen LogP) is 4.88. The van der Waals surface area contributed by atoms with Crippen LogP contribution in [-0.2, 0) is 22.5 Å². The number of carbonyl (C=O) groups is 1. The van der Waals surface area contributed by atoms with E-state index >= 15 is 0 Å². The number of benzene rings is 3. The van der Waals surface area contributed by atoms with Crippen molar-refractivity contribution in [3.63, 3.8) is 0 Å². The molecule has 2 aliphatic rings. The van der Waals surface area contributed by atoms with Crippen LogP contribution in [0.3, 0.4) is 0 Å². The Morgan fingerprint density at radius 2 is 1.58 bits per heavy atom. The molecule has 5 nitrogen and oxygen atoms in total. The number of nitrogens with zero attached hydrogens (tertiary/aromatic N) is 1. The Labute approximate surface area is 194 Å². The molecule has 0 fully saturated rings. The van der Waals surface area contributed by atoms with Crippen LogP contribution in [-0.4, -0.2) is 38.2 Å². The van der Waals surface area contributed by atoms with Gasteiger partial charge in [0.1, 0.15) is 0 Å². The molecule has 0 aromatic heterocycles. The summed E-state index contributed by atoms with van der Waals surface area (Å²) in [6.45, 7) is 0.589. The summed E-state index contributed by atoms with van der Waals surface area (Å²) in [6.07, 6.45) is 1.15. The van der Waals surface area contributed by atoms with E-state index in [1.807, 2.05) is 41.3 Å². The fourth-order valence-electron chi connectivity index (χ4n) is 5.51. The zero-order valence-corrected chi connectivity index (χ0v) is 19.3. The summed E-state index contributed by atoms with van der Waals surface area (Å²) in [7, 11) is 4.94. The maximum Gasteiger partial charge on any atom is 0.256 e. The van der Waals surface area contributed by atoms with Crippen LogP contribution in [0.15, 0.2) is 66.7 Å². The first-order valence-corrected chi connectivity index (χ1v) is 11.4. The van der Waals surface area contributed by atoms with Crippen LogP contribution in [0.4, 0.5) is 0 Å². The lowest BCUT2D eigenvalue weighted by atomic mass is 9.71. The third-order valence-corrected chi connectivity index (χ3v) is 7.05. The lowest BCUT2D eigenvalue weighted by Gasteiger charge is -2.46. The maximum atomic E-state index is 13.9. The van der Waals surface area contributed by atoms with E-state index in [-0.39, 0.29) is 17.9 Å². The van der Waals surface area contributed by atoms with Gasteiger partial charge in [-0.2, -0.15) is 0 Å². The van der Waals surface area contributed by atoms with Gasteiger partial charge in [-0.05, 0) is 52.8 Å². The molecule has 1 aliphatic carbocycles. The molecule has 170 valence electrons. The molecule has 3 aromatic rings. The minimum atomic E-state index is -0.621. The molecule has 0 bridgehead atoms. The van der Waals surface area contributed by atoms with Crippen LogP contribution in [0.25, 0.3) is 0 Å². The molecule has 5 heteroatoms. The van der Waals surface area contributed by atoms with Crippen molar-refractivity contribution >= 4 is 5.91 Å². The summed E-state index contributed by atoms with van der Waals surface area (Å²) in [5.41, 5.74) is 5.81. The first-order chi connectivity index (χ1) is 16.2. The molecule has 0 spiro atoms. The molecule has 1 amide bonds. The van der Waals surface area contributed by atoms with Crippen LogP contribution < -0.4 is 9.47 Å². The van der Waals surface area contributed by atoms with Gasteiger partial charge in [-0.1, -0.05) is 54.6 Å². The Hall–Kier alpha value is -3.31. The molecule has 3 atom stereocenters. The number of rotatable bonds is 5. The molecule has 1 aliphatic heterocycles. The normalized spacial score (nSPS) is 19.7. The summed E-state index contributed by atoms with van der Waals surface area (Å²) in [6, 6.07) is 22.5. The second kappa shape index (κ2) is 8.91. The maximum absolute atomic E-state index is 13.9. The second-order valence-corrected chi connectivity index (χ2v) is 8.68. The molecule has 0 saturated heterocycles. The molecule has 0 radical (unpaired) electrons. The van der Waals surface area contributed by atoms with Gasteiger partial charge in [0, 0.05) is 25.6 Å². The Bertz CT molecular complexity index is 1160.